The van der Waals surface area contributed by atoms with Gasteiger partial charge in [0.2, 0.25) is 5.91 Å². The Morgan fingerprint density at radius 3 is 2.55 bits per heavy atom. The number of benzene rings is 1. The summed E-state index contributed by atoms with van der Waals surface area (Å²) in [5.74, 6) is 0.832. The molecule has 1 fully saturated rings. The first-order chi connectivity index (χ1) is 14.1. The largest absolute Gasteiger partial charge is 0.378 e. The number of amides is 1. The molecule has 150 valence electrons. The summed E-state index contributed by atoms with van der Waals surface area (Å²) in [5, 5.41) is 9.31. The molecule has 1 aliphatic rings. The lowest BCUT2D eigenvalue weighted by atomic mass is 10.2. The summed E-state index contributed by atoms with van der Waals surface area (Å²) in [5.41, 5.74) is 3.03. The van der Waals surface area contributed by atoms with Crippen molar-refractivity contribution in [3.8, 4) is 17.1 Å². The number of para-hydroxylation sites is 1. The van der Waals surface area contributed by atoms with E-state index in [4.69, 9.17) is 4.74 Å². The number of morpholine rings is 1. The van der Waals surface area contributed by atoms with Crippen molar-refractivity contribution in [1.82, 2.24) is 24.6 Å². The van der Waals surface area contributed by atoms with E-state index in [9.17, 15) is 4.79 Å². The molecule has 0 spiro atoms. The van der Waals surface area contributed by atoms with Crippen LogP contribution >= 0.6 is 11.8 Å². The van der Waals surface area contributed by atoms with Crippen molar-refractivity contribution >= 4 is 17.7 Å². The SMILES string of the molecule is Cc1ccccc1-n1c(SC(C)C(=O)N2CCOCC2)nnc1-c1ccncc1. The summed E-state index contributed by atoms with van der Waals surface area (Å²) >= 11 is 1.43. The molecule has 4 rings (SSSR count). The number of ether oxygens (including phenoxy) is 1. The van der Waals surface area contributed by atoms with Crippen molar-refractivity contribution in [3.05, 3.63) is 54.4 Å². The Morgan fingerprint density at radius 1 is 1.10 bits per heavy atom. The third kappa shape index (κ3) is 4.18. The van der Waals surface area contributed by atoms with Crippen LogP contribution in [-0.2, 0) is 9.53 Å². The summed E-state index contributed by atoms with van der Waals surface area (Å²) in [6, 6.07) is 11.9. The summed E-state index contributed by atoms with van der Waals surface area (Å²) in [4.78, 5) is 18.8. The van der Waals surface area contributed by atoms with Gasteiger partial charge in [-0.3, -0.25) is 14.3 Å². The average molecular weight is 410 g/mol. The maximum atomic E-state index is 12.9. The molecule has 1 aliphatic heterocycles. The van der Waals surface area contributed by atoms with Gasteiger partial charge in [-0.2, -0.15) is 0 Å². The molecular weight excluding hydrogens is 386 g/mol. The van der Waals surface area contributed by atoms with Gasteiger partial charge < -0.3 is 9.64 Å². The molecule has 2 aromatic heterocycles. The van der Waals surface area contributed by atoms with E-state index in [-0.39, 0.29) is 11.2 Å². The molecule has 0 radical (unpaired) electrons. The second-order valence-corrected chi connectivity index (χ2v) is 8.17. The van der Waals surface area contributed by atoms with Crippen LogP contribution in [0.4, 0.5) is 0 Å². The minimum Gasteiger partial charge on any atom is -0.378 e. The van der Waals surface area contributed by atoms with Crippen LogP contribution < -0.4 is 0 Å². The van der Waals surface area contributed by atoms with Crippen LogP contribution in [0.15, 0.2) is 53.9 Å². The number of carbonyl (C=O) groups excluding carboxylic acids is 1. The Kier molecular flexibility index (Phi) is 5.92. The van der Waals surface area contributed by atoms with Gasteiger partial charge in [-0.15, -0.1) is 10.2 Å². The van der Waals surface area contributed by atoms with Gasteiger partial charge in [0.05, 0.1) is 24.2 Å². The summed E-state index contributed by atoms with van der Waals surface area (Å²) in [7, 11) is 0. The molecule has 1 aromatic carbocycles. The number of hydrogen-bond acceptors (Lipinski definition) is 6. The molecule has 0 bridgehead atoms. The van der Waals surface area contributed by atoms with Gasteiger partial charge in [0.15, 0.2) is 11.0 Å². The fourth-order valence-electron chi connectivity index (χ4n) is 3.32. The van der Waals surface area contributed by atoms with Crippen LogP contribution in [-0.4, -0.2) is 62.1 Å². The molecular formula is C21H23N5O2S. The van der Waals surface area contributed by atoms with Gasteiger partial charge in [-0.05, 0) is 37.6 Å². The molecule has 29 heavy (non-hydrogen) atoms. The molecule has 3 heterocycles. The van der Waals surface area contributed by atoms with E-state index >= 15 is 0 Å². The first kappa shape index (κ1) is 19.6. The number of nitrogens with zero attached hydrogens (tertiary/aromatic N) is 5. The minimum atomic E-state index is -0.273. The Hall–Kier alpha value is -2.71. The summed E-state index contributed by atoms with van der Waals surface area (Å²) in [6.45, 7) is 6.43. The van der Waals surface area contributed by atoms with E-state index in [1.807, 2.05) is 46.7 Å². The fourth-order valence-corrected chi connectivity index (χ4v) is 4.26. The third-order valence-corrected chi connectivity index (χ3v) is 5.91. The number of aryl methyl sites for hydroxylation is 1. The van der Waals surface area contributed by atoms with Gasteiger partial charge in [0.1, 0.15) is 0 Å². The fraction of sp³-hybridized carbons (Fsp3) is 0.333. The lowest BCUT2D eigenvalue weighted by molar-refractivity contribution is -0.134. The Bertz CT molecular complexity index is 986. The lowest BCUT2D eigenvalue weighted by Gasteiger charge is -2.29. The van der Waals surface area contributed by atoms with Crippen molar-refractivity contribution in [2.75, 3.05) is 26.3 Å². The van der Waals surface area contributed by atoms with Gasteiger partial charge in [-0.1, -0.05) is 30.0 Å². The summed E-state index contributed by atoms with van der Waals surface area (Å²) in [6.07, 6.45) is 3.48. The zero-order chi connectivity index (χ0) is 20.2. The van der Waals surface area contributed by atoms with Crippen molar-refractivity contribution in [2.45, 2.75) is 24.3 Å². The molecule has 0 aliphatic carbocycles. The average Bonchev–Trinajstić information content (AvgIpc) is 3.18. The predicted molar refractivity (Wildman–Crippen MR) is 112 cm³/mol. The zero-order valence-electron chi connectivity index (χ0n) is 16.5. The highest BCUT2D eigenvalue weighted by atomic mass is 32.2. The van der Waals surface area contributed by atoms with Gasteiger partial charge >= 0.3 is 0 Å². The van der Waals surface area contributed by atoms with Crippen LogP contribution in [0.1, 0.15) is 12.5 Å². The van der Waals surface area contributed by atoms with Crippen LogP contribution in [0, 0.1) is 6.92 Å². The molecule has 8 heteroatoms. The standard InChI is InChI=1S/C21H23N5O2S/c1-15-5-3-4-6-18(15)26-19(17-7-9-22-10-8-17)23-24-21(26)29-16(2)20(27)25-11-13-28-14-12-25/h3-10,16H,11-14H2,1-2H3. The monoisotopic (exact) mass is 409 g/mol. The molecule has 1 unspecified atom stereocenters. The zero-order valence-corrected chi connectivity index (χ0v) is 17.3. The van der Waals surface area contributed by atoms with E-state index in [0.29, 0.717) is 31.5 Å². The first-order valence-electron chi connectivity index (χ1n) is 9.60. The molecule has 0 saturated carbocycles. The van der Waals surface area contributed by atoms with Crippen LogP contribution in [0.25, 0.3) is 17.1 Å². The third-order valence-electron chi connectivity index (χ3n) is 4.88. The van der Waals surface area contributed by atoms with Gasteiger partial charge in [-0.25, -0.2) is 0 Å². The van der Waals surface area contributed by atoms with Crippen molar-refractivity contribution in [2.24, 2.45) is 0 Å². The molecule has 3 aromatic rings. The number of carbonyl (C=O) groups is 1. The van der Waals surface area contributed by atoms with E-state index in [1.165, 1.54) is 11.8 Å². The lowest BCUT2D eigenvalue weighted by Crippen LogP contribution is -2.44. The normalized spacial score (nSPS) is 15.3. The van der Waals surface area contributed by atoms with Crippen molar-refractivity contribution < 1.29 is 9.53 Å². The quantitative estimate of drug-likeness (QED) is 0.603. The van der Waals surface area contributed by atoms with Gasteiger partial charge in [0.25, 0.3) is 0 Å². The second kappa shape index (κ2) is 8.75. The maximum Gasteiger partial charge on any atom is 0.236 e. The molecule has 1 saturated heterocycles. The van der Waals surface area contributed by atoms with Crippen molar-refractivity contribution in [1.29, 1.82) is 0 Å². The molecule has 1 amide bonds. The minimum absolute atomic E-state index is 0.100. The van der Waals surface area contributed by atoms with Crippen LogP contribution in [0.5, 0.6) is 0 Å². The van der Waals surface area contributed by atoms with E-state index < -0.39 is 0 Å². The number of pyridine rings is 1. The highest BCUT2D eigenvalue weighted by Crippen LogP contribution is 2.31. The van der Waals surface area contributed by atoms with E-state index in [2.05, 4.69) is 28.2 Å². The summed E-state index contributed by atoms with van der Waals surface area (Å²) < 4.78 is 7.38. The molecule has 1 atom stereocenters. The number of rotatable bonds is 5. The van der Waals surface area contributed by atoms with Crippen molar-refractivity contribution in [3.63, 3.8) is 0 Å². The highest BCUT2D eigenvalue weighted by Gasteiger charge is 2.26. The molecule has 7 nitrogen and oxygen atoms in total. The first-order valence-corrected chi connectivity index (χ1v) is 10.5. The Balaban J connectivity index is 1.69. The maximum absolute atomic E-state index is 12.9. The topological polar surface area (TPSA) is 73.1 Å². The number of hydrogen-bond donors (Lipinski definition) is 0. The predicted octanol–water partition coefficient (Wildman–Crippen LogP) is 2.98. The molecule has 0 N–H and O–H groups in total. The highest BCUT2D eigenvalue weighted by molar-refractivity contribution is 8.00. The van der Waals surface area contributed by atoms with Crippen LogP contribution in [0.2, 0.25) is 0 Å². The van der Waals surface area contributed by atoms with Gasteiger partial charge in [0, 0.05) is 31.0 Å². The van der Waals surface area contributed by atoms with Crippen LogP contribution in [0.3, 0.4) is 0 Å². The number of thioether (sulfide) groups is 1. The second-order valence-electron chi connectivity index (χ2n) is 6.86. The smallest absolute Gasteiger partial charge is 0.236 e. The number of aromatic nitrogens is 4. The Labute approximate surface area is 174 Å². The van der Waals surface area contributed by atoms with E-state index in [0.717, 1.165) is 22.6 Å². The Morgan fingerprint density at radius 2 is 1.83 bits per heavy atom. The van der Waals surface area contributed by atoms with E-state index in [1.54, 1.807) is 12.4 Å².